The molecule has 1 fully saturated rings. The largest absolute Gasteiger partial charge is 0.312 e. The Morgan fingerprint density at radius 3 is 2.61 bits per heavy atom. The van der Waals surface area contributed by atoms with Gasteiger partial charge in [-0.15, -0.1) is 11.3 Å². The van der Waals surface area contributed by atoms with Crippen molar-refractivity contribution >= 4 is 45.6 Å². The predicted molar refractivity (Wildman–Crippen MR) is 113 cm³/mol. The average Bonchev–Trinajstić information content (AvgIpc) is 3.30. The molecule has 1 aromatic heterocycles. The zero-order valence-corrected chi connectivity index (χ0v) is 16.8. The summed E-state index contributed by atoms with van der Waals surface area (Å²) in [6.45, 7) is 2.38. The lowest BCUT2D eigenvalue weighted by atomic mass is 10.1. The number of nitrogens with one attached hydrogen (secondary N) is 1. The Labute approximate surface area is 172 Å². The standard InChI is InChI=1S/C21H18ClN3O2S/c1-13-2-8-17(9-3-13)25-11-15(10-19(25)26)20(27)24-21-23-18(12-28-21)14-4-6-16(22)7-5-14/h2-9,12,15H,10-11H2,1H3,(H,23,24,27)/t15-/m1/s1. The second kappa shape index (κ2) is 7.73. The molecule has 0 unspecified atom stereocenters. The first-order valence-electron chi connectivity index (χ1n) is 8.89. The van der Waals surface area contributed by atoms with Crippen molar-refractivity contribution in [2.75, 3.05) is 16.8 Å². The number of hydrogen-bond acceptors (Lipinski definition) is 4. The Morgan fingerprint density at radius 1 is 1.18 bits per heavy atom. The van der Waals surface area contributed by atoms with Gasteiger partial charge in [0.05, 0.1) is 11.6 Å². The van der Waals surface area contributed by atoms with Gasteiger partial charge >= 0.3 is 0 Å². The van der Waals surface area contributed by atoms with E-state index in [4.69, 9.17) is 11.6 Å². The van der Waals surface area contributed by atoms with Crippen LogP contribution in [0.2, 0.25) is 5.02 Å². The Bertz CT molecular complexity index is 1010. The van der Waals surface area contributed by atoms with Gasteiger partial charge in [0.15, 0.2) is 5.13 Å². The molecule has 2 aromatic carbocycles. The van der Waals surface area contributed by atoms with E-state index < -0.39 is 5.92 Å². The highest BCUT2D eigenvalue weighted by atomic mass is 35.5. The first-order valence-corrected chi connectivity index (χ1v) is 10.1. The molecule has 4 rings (SSSR count). The molecule has 3 aromatic rings. The van der Waals surface area contributed by atoms with Crippen LogP contribution in [-0.4, -0.2) is 23.3 Å². The van der Waals surface area contributed by atoms with Crippen LogP contribution in [0.25, 0.3) is 11.3 Å². The van der Waals surface area contributed by atoms with Crippen LogP contribution in [0.1, 0.15) is 12.0 Å². The zero-order chi connectivity index (χ0) is 19.7. The fourth-order valence-electron chi connectivity index (χ4n) is 3.15. The highest BCUT2D eigenvalue weighted by Gasteiger charge is 2.35. The van der Waals surface area contributed by atoms with Gasteiger partial charge in [0.1, 0.15) is 0 Å². The number of carbonyl (C=O) groups is 2. The maximum Gasteiger partial charge on any atom is 0.231 e. The van der Waals surface area contributed by atoms with Gasteiger partial charge in [-0.2, -0.15) is 0 Å². The molecule has 5 nitrogen and oxygen atoms in total. The van der Waals surface area contributed by atoms with Crippen molar-refractivity contribution in [2.24, 2.45) is 5.92 Å². The van der Waals surface area contributed by atoms with Crippen LogP contribution in [0.4, 0.5) is 10.8 Å². The monoisotopic (exact) mass is 411 g/mol. The third kappa shape index (κ3) is 3.93. The molecule has 0 spiro atoms. The summed E-state index contributed by atoms with van der Waals surface area (Å²) in [6, 6.07) is 15.1. The van der Waals surface area contributed by atoms with Gasteiger partial charge in [-0.1, -0.05) is 41.4 Å². The first kappa shape index (κ1) is 18.7. The number of hydrogen-bond donors (Lipinski definition) is 1. The van der Waals surface area contributed by atoms with E-state index in [0.717, 1.165) is 22.5 Å². The lowest BCUT2D eigenvalue weighted by molar-refractivity contribution is -0.122. The van der Waals surface area contributed by atoms with Gasteiger partial charge in [-0.25, -0.2) is 4.98 Å². The summed E-state index contributed by atoms with van der Waals surface area (Å²) < 4.78 is 0. The summed E-state index contributed by atoms with van der Waals surface area (Å²) >= 11 is 7.28. The number of halogens is 1. The van der Waals surface area contributed by atoms with Crippen LogP contribution in [0.5, 0.6) is 0 Å². The quantitative estimate of drug-likeness (QED) is 0.673. The molecule has 0 radical (unpaired) electrons. The van der Waals surface area contributed by atoms with Crippen molar-refractivity contribution < 1.29 is 9.59 Å². The molecular weight excluding hydrogens is 394 g/mol. The fourth-order valence-corrected chi connectivity index (χ4v) is 4.00. The van der Waals surface area contributed by atoms with Crippen molar-refractivity contribution in [3.8, 4) is 11.3 Å². The minimum atomic E-state index is -0.392. The van der Waals surface area contributed by atoms with Crippen LogP contribution in [-0.2, 0) is 9.59 Å². The van der Waals surface area contributed by atoms with Crippen molar-refractivity contribution in [2.45, 2.75) is 13.3 Å². The zero-order valence-electron chi connectivity index (χ0n) is 15.2. The molecule has 142 valence electrons. The van der Waals surface area contributed by atoms with E-state index in [1.165, 1.54) is 11.3 Å². The summed E-state index contributed by atoms with van der Waals surface area (Å²) in [7, 11) is 0. The Kier molecular flexibility index (Phi) is 5.15. The number of benzene rings is 2. The van der Waals surface area contributed by atoms with Crippen LogP contribution >= 0.6 is 22.9 Å². The van der Waals surface area contributed by atoms with E-state index in [1.807, 2.05) is 48.7 Å². The number of thiazole rings is 1. The lowest BCUT2D eigenvalue weighted by Gasteiger charge is -2.16. The summed E-state index contributed by atoms with van der Waals surface area (Å²) in [5.74, 6) is -0.610. The van der Waals surface area contributed by atoms with Crippen LogP contribution in [0.3, 0.4) is 0 Å². The van der Waals surface area contributed by atoms with Gasteiger partial charge in [0.25, 0.3) is 0 Å². The van der Waals surface area contributed by atoms with E-state index in [2.05, 4.69) is 10.3 Å². The predicted octanol–water partition coefficient (Wildman–Crippen LogP) is 4.76. The van der Waals surface area contributed by atoms with Crippen molar-refractivity contribution in [3.63, 3.8) is 0 Å². The second-order valence-corrected chi connectivity index (χ2v) is 8.07. The van der Waals surface area contributed by atoms with Gasteiger partial charge in [-0.3, -0.25) is 9.59 Å². The molecule has 28 heavy (non-hydrogen) atoms. The van der Waals surface area contributed by atoms with Crippen LogP contribution < -0.4 is 10.2 Å². The third-order valence-corrected chi connectivity index (χ3v) is 5.73. The molecule has 1 aliphatic heterocycles. The second-order valence-electron chi connectivity index (χ2n) is 6.77. The number of rotatable bonds is 4. The lowest BCUT2D eigenvalue weighted by Crippen LogP contribution is -2.28. The Morgan fingerprint density at radius 2 is 1.89 bits per heavy atom. The van der Waals surface area contributed by atoms with Gasteiger partial charge < -0.3 is 10.2 Å². The third-order valence-electron chi connectivity index (χ3n) is 4.72. The fraction of sp³-hybridized carbons (Fsp3) is 0.190. The van der Waals surface area contributed by atoms with Crippen LogP contribution in [0, 0.1) is 12.8 Å². The van der Waals surface area contributed by atoms with Crippen molar-refractivity contribution in [1.82, 2.24) is 4.98 Å². The number of carbonyl (C=O) groups excluding carboxylic acids is 2. The van der Waals surface area contributed by atoms with Gasteiger partial charge in [-0.05, 0) is 31.2 Å². The van der Waals surface area contributed by atoms with Crippen molar-refractivity contribution in [1.29, 1.82) is 0 Å². The summed E-state index contributed by atoms with van der Waals surface area (Å²) in [6.07, 6.45) is 0.203. The van der Waals surface area contributed by atoms with Crippen LogP contribution in [0.15, 0.2) is 53.9 Å². The maximum atomic E-state index is 12.6. The molecule has 2 amide bonds. The minimum absolute atomic E-state index is 0.0370. The molecule has 7 heteroatoms. The summed E-state index contributed by atoms with van der Waals surface area (Å²) in [5.41, 5.74) is 3.67. The molecule has 2 heterocycles. The number of anilines is 2. The number of nitrogens with zero attached hydrogens (tertiary/aromatic N) is 2. The molecule has 0 bridgehead atoms. The first-order chi connectivity index (χ1) is 13.5. The van der Waals surface area contributed by atoms with Gasteiger partial charge in [0.2, 0.25) is 11.8 Å². The molecule has 0 saturated carbocycles. The molecular formula is C21H18ClN3O2S. The maximum absolute atomic E-state index is 12.6. The number of amides is 2. The molecule has 1 atom stereocenters. The molecule has 1 N–H and O–H groups in total. The average molecular weight is 412 g/mol. The molecule has 1 aliphatic rings. The van der Waals surface area contributed by atoms with Crippen molar-refractivity contribution in [3.05, 3.63) is 64.5 Å². The number of aryl methyl sites for hydroxylation is 1. The smallest absolute Gasteiger partial charge is 0.231 e. The topological polar surface area (TPSA) is 62.3 Å². The summed E-state index contributed by atoms with van der Waals surface area (Å²) in [4.78, 5) is 31.2. The molecule has 1 saturated heterocycles. The van der Waals surface area contributed by atoms with E-state index in [1.54, 1.807) is 17.0 Å². The minimum Gasteiger partial charge on any atom is -0.312 e. The van der Waals surface area contributed by atoms with E-state index >= 15 is 0 Å². The summed E-state index contributed by atoms with van der Waals surface area (Å²) in [5, 5.41) is 5.92. The number of aromatic nitrogens is 1. The van der Waals surface area contributed by atoms with E-state index in [0.29, 0.717) is 16.7 Å². The highest BCUT2D eigenvalue weighted by Crippen LogP contribution is 2.29. The van der Waals surface area contributed by atoms with Gasteiger partial charge in [0, 0.05) is 34.6 Å². The Hall–Kier alpha value is -2.70. The highest BCUT2D eigenvalue weighted by molar-refractivity contribution is 7.14. The Balaban J connectivity index is 1.42. The normalized spacial score (nSPS) is 16.4. The van der Waals surface area contributed by atoms with E-state index in [-0.39, 0.29) is 18.2 Å². The van der Waals surface area contributed by atoms with E-state index in [9.17, 15) is 9.59 Å². The SMILES string of the molecule is Cc1ccc(N2C[C@H](C(=O)Nc3nc(-c4ccc(Cl)cc4)cs3)CC2=O)cc1. The molecule has 0 aliphatic carbocycles.